The molecule has 0 unspecified atom stereocenters. The molecule has 1 amide bonds. The van der Waals surface area contributed by atoms with E-state index in [0.717, 1.165) is 57.9 Å². The molecule has 2 fully saturated rings. The molecule has 4 heteroatoms. The zero-order valence-corrected chi connectivity index (χ0v) is 14.6. The molecule has 4 nitrogen and oxygen atoms in total. The summed E-state index contributed by atoms with van der Waals surface area (Å²) in [5, 5.41) is 3.37. The van der Waals surface area contributed by atoms with Crippen molar-refractivity contribution in [3.63, 3.8) is 0 Å². The van der Waals surface area contributed by atoms with E-state index in [2.05, 4.69) is 31.0 Å². The molecule has 1 heterocycles. The molecular formula is C18H34N2O2. The fraction of sp³-hybridized carbons (Fsp3) is 0.944. The van der Waals surface area contributed by atoms with E-state index in [9.17, 15) is 4.79 Å². The highest BCUT2D eigenvalue weighted by molar-refractivity contribution is 5.82. The lowest BCUT2D eigenvalue weighted by atomic mass is 9.86. The van der Waals surface area contributed by atoms with Crippen molar-refractivity contribution in [1.29, 1.82) is 0 Å². The van der Waals surface area contributed by atoms with Crippen molar-refractivity contribution >= 4 is 5.91 Å². The Labute approximate surface area is 136 Å². The first-order chi connectivity index (χ1) is 10.7. The quantitative estimate of drug-likeness (QED) is 0.820. The van der Waals surface area contributed by atoms with Crippen LogP contribution >= 0.6 is 0 Å². The van der Waals surface area contributed by atoms with Gasteiger partial charge < -0.3 is 10.1 Å². The lowest BCUT2D eigenvalue weighted by Gasteiger charge is -2.39. The molecule has 1 aliphatic heterocycles. The van der Waals surface area contributed by atoms with Gasteiger partial charge in [0.2, 0.25) is 5.91 Å². The van der Waals surface area contributed by atoms with Gasteiger partial charge in [0, 0.05) is 19.1 Å². The van der Waals surface area contributed by atoms with Gasteiger partial charge >= 0.3 is 0 Å². The van der Waals surface area contributed by atoms with Crippen LogP contribution in [0.15, 0.2) is 0 Å². The van der Waals surface area contributed by atoms with Crippen LogP contribution in [-0.4, -0.2) is 49.2 Å². The molecule has 3 atom stereocenters. The van der Waals surface area contributed by atoms with Gasteiger partial charge in [0.15, 0.2) is 0 Å². The molecule has 0 aromatic carbocycles. The Balaban J connectivity index is 2.00. The zero-order chi connectivity index (χ0) is 15.9. The van der Waals surface area contributed by atoms with E-state index in [-0.39, 0.29) is 11.9 Å². The predicted octanol–water partition coefficient (Wildman–Crippen LogP) is 2.82. The van der Waals surface area contributed by atoms with Crippen LogP contribution in [0, 0.1) is 11.8 Å². The number of morpholine rings is 1. The van der Waals surface area contributed by atoms with Gasteiger partial charge in [-0.25, -0.2) is 0 Å². The largest absolute Gasteiger partial charge is 0.379 e. The minimum Gasteiger partial charge on any atom is -0.379 e. The first-order valence-corrected chi connectivity index (χ1v) is 9.27. The third-order valence-electron chi connectivity index (χ3n) is 5.49. The Hall–Kier alpha value is -0.610. The number of carbonyl (C=O) groups excluding carboxylic acids is 1. The van der Waals surface area contributed by atoms with Crippen molar-refractivity contribution in [1.82, 2.24) is 10.2 Å². The minimum absolute atomic E-state index is 0.0242. The summed E-state index contributed by atoms with van der Waals surface area (Å²) in [7, 11) is 0. The summed E-state index contributed by atoms with van der Waals surface area (Å²) in [6.07, 6.45) is 6.98. The summed E-state index contributed by atoms with van der Waals surface area (Å²) in [6.45, 7) is 9.99. The molecule has 22 heavy (non-hydrogen) atoms. The highest BCUT2D eigenvalue weighted by atomic mass is 16.5. The summed E-state index contributed by atoms with van der Waals surface area (Å²) in [4.78, 5) is 15.3. The number of amides is 1. The maximum Gasteiger partial charge on any atom is 0.237 e. The highest BCUT2D eigenvalue weighted by Gasteiger charge is 2.34. The molecule has 0 aromatic heterocycles. The number of carbonyl (C=O) groups is 1. The second-order valence-electron chi connectivity index (χ2n) is 7.15. The topological polar surface area (TPSA) is 41.6 Å². The first-order valence-electron chi connectivity index (χ1n) is 9.27. The Morgan fingerprint density at radius 3 is 2.50 bits per heavy atom. The second-order valence-corrected chi connectivity index (χ2v) is 7.15. The van der Waals surface area contributed by atoms with Crippen LogP contribution in [0.25, 0.3) is 0 Å². The van der Waals surface area contributed by atoms with Gasteiger partial charge in [0.1, 0.15) is 0 Å². The average Bonchev–Trinajstić information content (AvgIpc) is 2.53. The Kier molecular flexibility index (Phi) is 7.16. The van der Waals surface area contributed by atoms with Crippen molar-refractivity contribution in [3.8, 4) is 0 Å². The van der Waals surface area contributed by atoms with Crippen molar-refractivity contribution in [2.24, 2.45) is 11.8 Å². The monoisotopic (exact) mass is 310 g/mol. The van der Waals surface area contributed by atoms with Crippen molar-refractivity contribution in [2.45, 2.75) is 71.4 Å². The predicted molar refractivity (Wildman–Crippen MR) is 89.8 cm³/mol. The van der Waals surface area contributed by atoms with Gasteiger partial charge in [-0.05, 0) is 24.7 Å². The maximum atomic E-state index is 13.0. The van der Waals surface area contributed by atoms with Crippen LogP contribution in [0.2, 0.25) is 0 Å². The summed E-state index contributed by atoms with van der Waals surface area (Å²) in [5.74, 6) is 1.45. The van der Waals surface area contributed by atoms with Crippen molar-refractivity contribution in [3.05, 3.63) is 0 Å². The number of rotatable bonds is 6. The summed E-state index contributed by atoms with van der Waals surface area (Å²) in [6, 6.07) is 0.408. The second kappa shape index (κ2) is 8.88. The van der Waals surface area contributed by atoms with Crippen LogP contribution in [-0.2, 0) is 9.53 Å². The van der Waals surface area contributed by atoms with E-state index < -0.39 is 0 Å². The number of hydrogen-bond donors (Lipinski definition) is 1. The van der Waals surface area contributed by atoms with Gasteiger partial charge in [0.05, 0.1) is 19.3 Å². The molecule has 0 spiro atoms. The molecule has 128 valence electrons. The van der Waals surface area contributed by atoms with Crippen LogP contribution in [0.4, 0.5) is 0 Å². The molecule has 2 rings (SSSR count). The summed E-state index contributed by atoms with van der Waals surface area (Å²) >= 11 is 0. The molecule has 0 radical (unpaired) electrons. The molecule has 1 saturated heterocycles. The van der Waals surface area contributed by atoms with E-state index in [1.54, 1.807) is 0 Å². The number of nitrogens with one attached hydrogen (secondary N) is 1. The van der Waals surface area contributed by atoms with Gasteiger partial charge in [-0.1, -0.05) is 46.5 Å². The number of ether oxygens (including phenoxy) is 1. The number of nitrogens with zero attached hydrogens (tertiary/aromatic N) is 1. The van der Waals surface area contributed by atoms with Crippen molar-refractivity contribution in [2.75, 3.05) is 26.3 Å². The molecular weight excluding hydrogens is 276 g/mol. The van der Waals surface area contributed by atoms with Gasteiger partial charge in [0.25, 0.3) is 0 Å². The van der Waals surface area contributed by atoms with E-state index in [1.165, 1.54) is 12.8 Å². The lowest BCUT2D eigenvalue weighted by molar-refractivity contribution is -0.131. The molecule has 2 aliphatic rings. The minimum atomic E-state index is 0.0242. The van der Waals surface area contributed by atoms with Crippen LogP contribution in [0.5, 0.6) is 0 Å². The van der Waals surface area contributed by atoms with Gasteiger partial charge in [-0.15, -0.1) is 0 Å². The van der Waals surface area contributed by atoms with E-state index in [1.807, 2.05) is 0 Å². The van der Waals surface area contributed by atoms with Gasteiger partial charge in [-0.2, -0.15) is 0 Å². The zero-order valence-electron chi connectivity index (χ0n) is 14.6. The molecule has 0 aromatic rings. The number of hydrogen-bond acceptors (Lipinski definition) is 3. The maximum absolute atomic E-state index is 13.0. The van der Waals surface area contributed by atoms with Crippen LogP contribution in [0.3, 0.4) is 0 Å². The van der Waals surface area contributed by atoms with Crippen molar-refractivity contribution < 1.29 is 9.53 Å². The summed E-state index contributed by atoms with van der Waals surface area (Å²) < 4.78 is 5.47. The molecule has 1 saturated carbocycles. The Bertz CT molecular complexity index is 338. The molecule has 0 bridgehead atoms. The van der Waals surface area contributed by atoms with E-state index in [4.69, 9.17) is 4.74 Å². The van der Waals surface area contributed by atoms with Crippen LogP contribution in [0.1, 0.15) is 59.3 Å². The third kappa shape index (κ3) is 4.69. The fourth-order valence-electron chi connectivity index (χ4n) is 4.12. The Morgan fingerprint density at radius 2 is 1.91 bits per heavy atom. The Morgan fingerprint density at radius 1 is 1.23 bits per heavy atom. The highest BCUT2D eigenvalue weighted by Crippen LogP contribution is 2.25. The average molecular weight is 310 g/mol. The van der Waals surface area contributed by atoms with E-state index in [0.29, 0.717) is 12.0 Å². The van der Waals surface area contributed by atoms with E-state index >= 15 is 0 Å². The fourth-order valence-corrected chi connectivity index (χ4v) is 4.12. The van der Waals surface area contributed by atoms with Crippen LogP contribution < -0.4 is 5.32 Å². The first kappa shape index (κ1) is 17.7. The lowest BCUT2D eigenvalue weighted by Crippen LogP contribution is -2.56. The summed E-state index contributed by atoms with van der Waals surface area (Å²) in [5.41, 5.74) is 0. The smallest absolute Gasteiger partial charge is 0.237 e. The molecule has 1 N–H and O–H groups in total. The normalized spacial score (nSPS) is 28.5. The third-order valence-corrected chi connectivity index (χ3v) is 5.49. The van der Waals surface area contributed by atoms with Gasteiger partial charge in [-0.3, -0.25) is 9.69 Å². The molecule has 1 aliphatic carbocycles. The standard InChI is InChI=1S/C18H34N2O2/c1-4-15(5-2)17(20-9-11-22-12-10-20)18(21)19-16-8-6-7-14(3)13-16/h14-17H,4-13H2,1-3H3,(H,19,21)/t14-,16+,17+/m0/s1. The SMILES string of the molecule is CCC(CC)[C@H](C(=O)N[C@@H]1CCC[C@H](C)C1)N1CCOCC1.